The van der Waals surface area contributed by atoms with E-state index in [0.29, 0.717) is 17.2 Å². The van der Waals surface area contributed by atoms with Gasteiger partial charge in [0.15, 0.2) is 5.69 Å². The molecule has 4 N–H and O–H groups in total. The van der Waals surface area contributed by atoms with Gasteiger partial charge in [0.05, 0.1) is 11.9 Å². The molecular formula is C14H16FN5O. The fourth-order valence-electron chi connectivity index (χ4n) is 1.71. The highest BCUT2D eigenvalue weighted by Crippen LogP contribution is 2.17. The zero-order chi connectivity index (χ0) is 15.4. The molecule has 0 aliphatic carbocycles. The highest BCUT2D eigenvalue weighted by molar-refractivity contribution is 6.06. The first-order valence-electron chi connectivity index (χ1n) is 6.41. The number of nitrogens with one attached hydrogen (secondary N) is 2. The van der Waals surface area contributed by atoms with Crippen molar-refractivity contribution in [2.75, 3.05) is 10.7 Å². The van der Waals surface area contributed by atoms with Crippen molar-refractivity contribution in [1.29, 1.82) is 0 Å². The van der Waals surface area contributed by atoms with E-state index in [1.807, 2.05) is 13.8 Å². The van der Waals surface area contributed by atoms with E-state index < -0.39 is 11.7 Å². The van der Waals surface area contributed by atoms with Crippen molar-refractivity contribution in [1.82, 2.24) is 9.97 Å². The number of amides is 1. The lowest BCUT2D eigenvalue weighted by Crippen LogP contribution is -2.20. The van der Waals surface area contributed by atoms with Crippen molar-refractivity contribution in [2.24, 2.45) is 5.84 Å². The van der Waals surface area contributed by atoms with E-state index in [1.165, 1.54) is 24.4 Å². The molecule has 2 aromatic rings. The van der Waals surface area contributed by atoms with Crippen LogP contribution in [0.4, 0.5) is 15.8 Å². The lowest BCUT2D eigenvalue weighted by molar-refractivity contribution is 0.102. The van der Waals surface area contributed by atoms with Crippen LogP contribution in [0.15, 0.2) is 30.5 Å². The van der Waals surface area contributed by atoms with Crippen LogP contribution >= 0.6 is 0 Å². The van der Waals surface area contributed by atoms with Crippen LogP contribution in [-0.2, 0) is 0 Å². The highest BCUT2D eigenvalue weighted by atomic mass is 19.1. The molecule has 1 aromatic heterocycles. The molecule has 0 spiro atoms. The first kappa shape index (κ1) is 14.9. The molecule has 110 valence electrons. The van der Waals surface area contributed by atoms with Gasteiger partial charge in [0.1, 0.15) is 11.6 Å². The van der Waals surface area contributed by atoms with E-state index in [0.717, 1.165) is 0 Å². The first-order chi connectivity index (χ1) is 10.0. The molecule has 0 fully saturated rings. The maximum atomic E-state index is 13.1. The van der Waals surface area contributed by atoms with Crippen molar-refractivity contribution >= 4 is 17.3 Å². The van der Waals surface area contributed by atoms with Gasteiger partial charge < -0.3 is 10.7 Å². The van der Waals surface area contributed by atoms with Gasteiger partial charge in [-0.2, -0.15) is 0 Å². The summed E-state index contributed by atoms with van der Waals surface area (Å²) >= 11 is 0. The van der Waals surface area contributed by atoms with Crippen molar-refractivity contribution in [3.63, 3.8) is 0 Å². The third kappa shape index (κ3) is 3.51. The number of anilines is 2. The molecule has 0 saturated heterocycles. The van der Waals surface area contributed by atoms with Gasteiger partial charge in [-0.3, -0.25) is 10.6 Å². The summed E-state index contributed by atoms with van der Waals surface area (Å²) in [4.78, 5) is 20.6. The third-order valence-corrected chi connectivity index (χ3v) is 2.78. The van der Waals surface area contributed by atoms with Crippen LogP contribution in [0, 0.1) is 5.82 Å². The predicted octanol–water partition coefficient (Wildman–Crippen LogP) is 2.28. The monoisotopic (exact) mass is 289 g/mol. The predicted molar refractivity (Wildman–Crippen MR) is 78.3 cm³/mol. The maximum Gasteiger partial charge on any atom is 0.276 e. The first-order valence-corrected chi connectivity index (χ1v) is 6.41. The van der Waals surface area contributed by atoms with Crippen molar-refractivity contribution < 1.29 is 9.18 Å². The van der Waals surface area contributed by atoms with E-state index in [2.05, 4.69) is 20.7 Å². The number of halogens is 1. The zero-order valence-electron chi connectivity index (χ0n) is 11.7. The Bertz CT molecular complexity index is 660. The minimum absolute atomic E-state index is 0.0672. The molecular weight excluding hydrogens is 273 g/mol. The quantitative estimate of drug-likeness (QED) is 0.593. The summed E-state index contributed by atoms with van der Waals surface area (Å²) in [5, 5.41) is 2.58. The van der Waals surface area contributed by atoms with Crippen LogP contribution in [0.1, 0.15) is 36.1 Å². The van der Waals surface area contributed by atoms with E-state index in [4.69, 9.17) is 5.84 Å². The topological polar surface area (TPSA) is 92.9 Å². The average Bonchev–Trinajstić information content (AvgIpc) is 2.46. The number of carbonyl (C=O) groups is 1. The maximum absolute atomic E-state index is 13.1. The lowest BCUT2D eigenvalue weighted by Gasteiger charge is -2.11. The number of nitrogen functional groups attached to an aromatic ring is 1. The molecule has 0 bridgehead atoms. The van der Waals surface area contributed by atoms with E-state index in [-0.39, 0.29) is 11.6 Å². The second-order valence-corrected chi connectivity index (χ2v) is 4.75. The second kappa shape index (κ2) is 6.27. The molecule has 0 unspecified atom stereocenters. The smallest absolute Gasteiger partial charge is 0.276 e. The summed E-state index contributed by atoms with van der Waals surface area (Å²) in [7, 11) is 0. The fraction of sp³-hybridized carbons (Fsp3) is 0.214. The van der Waals surface area contributed by atoms with Crippen molar-refractivity contribution in [3.8, 4) is 0 Å². The van der Waals surface area contributed by atoms with E-state index in [1.54, 1.807) is 6.07 Å². The molecule has 7 heteroatoms. The molecule has 0 saturated carbocycles. The largest absolute Gasteiger partial charge is 0.321 e. The number of aromatic nitrogens is 2. The molecule has 6 nitrogen and oxygen atoms in total. The normalized spacial score (nSPS) is 10.5. The van der Waals surface area contributed by atoms with Gasteiger partial charge in [0.2, 0.25) is 0 Å². The van der Waals surface area contributed by atoms with Crippen LogP contribution in [0.25, 0.3) is 0 Å². The molecule has 2 rings (SSSR count). The Morgan fingerprint density at radius 2 is 2.14 bits per heavy atom. The van der Waals surface area contributed by atoms with E-state index in [9.17, 15) is 9.18 Å². The number of hydrazine groups is 1. The van der Waals surface area contributed by atoms with Crippen LogP contribution in [0.5, 0.6) is 0 Å². The summed E-state index contributed by atoms with van der Waals surface area (Å²) < 4.78 is 13.1. The number of rotatable bonds is 4. The van der Waals surface area contributed by atoms with Gasteiger partial charge in [-0.15, -0.1) is 0 Å². The molecule has 1 aromatic carbocycles. The minimum atomic E-state index is -0.488. The van der Waals surface area contributed by atoms with Gasteiger partial charge in [0, 0.05) is 11.6 Å². The molecule has 0 radical (unpaired) electrons. The molecule has 0 aliphatic rings. The molecule has 0 aliphatic heterocycles. The van der Waals surface area contributed by atoms with Gasteiger partial charge in [0.25, 0.3) is 5.91 Å². The Hall–Kier alpha value is -2.54. The lowest BCUT2D eigenvalue weighted by atomic mass is 10.2. The summed E-state index contributed by atoms with van der Waals surface area (Å²) in [6, 6.07) is 5.61. The van der Waals surface area contributed by atoms with Crippen LogP contribution in [0.3, 0.4) is 0 Å². The number of hydrogen-bond acceptors (Lipinski definition) is 5. The van der Waals surface area contributed by atoms with Crippen LogP contribution in [-0.4, -0.2) is 15.9 Å². The second-order valence-electron chi connectivity index (χ2n) is 4.75. The van der Waals surface area contributed by atoms with Crippen LogP contribution in [0.2, 0.25) is 0 Å². The summed E-state index contributed by atoms with van der Waals surface area (Å²) in [6.45, 7) is 3.83. The number of nitrogens with two attached hydrogens (primary N) is 1. The fourth-order valence-corrected chi connectivity index (χ4v) is 1.71. The Kier molecular flexibility index (Phi) is 4.44. The Morgan fingerprint density at radius 1 is 1.38 bits per heavy atom. The van der Waals surface area contributed by atoms with Crippen molar-refractivity contribution in [3.05, 3.63) is 47.8 Å². The summed E-state index contributed by atoms with van der Waals surface area (Å²) in [5.41, 5.74) is 3.13. The average molecular weight is 289 g/mol. The zero-order valence-corrected chi connectivity index (χ0v) is 11.7. The van der Waals surface area contributed by atoms with Crippen LogP contribution < -0.4 is 16.6 Å². The summed E-state index contributed by atoms with van der Waals surface area (Å²) in [6.07, 6.45) is 1.45. The Balaban J connectivity index is 2.31. The van der Waals surface area contributed by atoms with Gasteiger partial charge in [-0.25, -0.2) is 14.4 Å². The van der Waals surface area contributed by atoms with Gasteiger partial charge >= 0.3 is 0 Å². The molecule has 1 amide bonds. The Labute approximate surface area is 121 Å². The minimum Gasteiger partial charge on any atom is -0.321 e. The molecule has 21 heavy (non-hydrogen) atoms. The number of nitrogens with zero attached hydrogens (tertiary/aromatic N) is 2. The highest BCUT2D eigenvalue weighted by Gasteiger charge is 2.16. The molecule has 0 atom stereocenters. The Morgan fingerprint density at radius 3 is 2.76 bits per heavy atom. The number of carbonyl (C=O) groups excluding carboxylic acids is 1. The third-order valence-electron chi connectivity index (χ3n) is 2.78. The van der Waals surface area contributed by atoms with E-state index >= 15 is 0 Å². The van der Waals surface area contributed by atoms with Gasteiger partial charge in [-0.1, -0.05) is 19.9 Å². The molecule has 1 heterocycles. The van der Waals surface area contributed by atoms with Gasteiger partial charge in [-0.05, 0) is 18.2 Å². The standard InChI is InChI=1S/C14H16FN5O/c1-8(2)13-17-7-11(20-16)12(19-13)14(21)18-10-5-3-4-9(15)6-10/h3-8,20H,16H2,1-2H3,(H,18,21). The number of hydrogen-bond donors (Lipinski definition) is 3. The van der Waals surface area contributed by atoms with Crippen molar-refractivity contribution in [2.45, 2.75) is 19.8 Å². The number of benzene rings is 1. The SMILES string of the molecule is CC(C)c1ncc(NN)c(C(=O)Nc2cccc(F)c2)n1. The summed E-state index contributed by atoms with van der Waals surface area (Å²) in [5.74, 6) is 5.03.